The van der Waals surface area contributed by atoms with Crippen molar-refractivity contribution in [3.63, 3.8) is 0 Å². The molecule has 1 rings (SSSR count). The zero-order valence-corrected chi connectivity index (χ0v) is 9.29. The molecule has 4 heteroatoms. The molecule has 1 heterocycles. The molecule has 0 aromatic carbocycles. The molecule has 0 atom stereocenters. The topological polar surface area (TPSA) is 46.3 Å². The number of hydrogen-bond acceptors (Lipinski definition) is 3. The van der Waals surface area contributed by atoms with Crippen molar-refractivity contribution in [2.45, 2.75) is 13.0 Å². The van der Waals surface area contributed by atoms with E-state index >= 15 is 0 Å². The third-order valence-corrected chi connectivity index (χ3v) is 2.07. The first-order valence-corrected chi connectivity index (χ1v) is 5.32. The normalized spacial score (nSPS) is 10.7. The van der Waals surface area contributed by atoms with Gasteiger partial charge in [-0.3, -0.25) is 0 Å². The maximum absolute atomic E-state index is 5.34. The number of methoxy groups -OCH3 is 1. The maximum Gasteiger partial charge on any atom is 0.0700 e. The highest BCUT2D eigenvalue weighted by Crippen LogP contribution is 1.94. The molecular weight excluding hydrogens is 192 g/mol. The number of hydrogen-bond donors (Lipinski definition) is 2. The fraction of sp³-hybridized carbons (Fsp3) is 0.636. The van der Waals surface area contributed by atoms with Crippen molar-refractivity contribution in [3.8, 4) is 0 Å². The average Bonchev–Trinajstić information content (AvgIpc) is 2.75. The van der Waals surface area contributed by atoms with Crippen LogP contribution in [0.15, 0.2) is 18.5 Å². The van der Waals surface area contributed by atoms with Crippen LogP contribution in [0.2, 0.25) is 0 Å². The summed E-state index contributed by atoms with van der Waals surface area (Å²) in [5.41, 5.74) is 1.29. The molecule has 2 N–H and O–H groups in total. The zero-order chi connectivity index (χ0) is 10.8. The minimum absolute atomic E-state index is 0.677. The lowest BCUT2D eigenvalue weighted by Crippen LogP contribution is -2.16. The van der Waals surface area contributed by atoms with Gasteiger partial charge in [-0.25, -0.2) is 0 Å². The summed E-state index contributed by atoms with van der Waals surface area (Å²) in [5, 5.41) is 3.35. The van der Waals surface area contributed by atoms with E-state index in [0.717, 1.165) is 26.1 Å². The molecule has 0 spiro atoms. The molecule has 0 unspecified atom stereocenters. The van der Waals surface area contributed by atoms with Gasteiger partial charge in [-0.15, -0.1) is 0 Å². The van der Waals surface area contributed by atoms with Crippen molar-refractivity contribution in [1.82, 2.24) is 10.3 Å². The van der Waals surface area contributed by atoms with E-state index in [1.165, 1.54) is 5.56 Å². The van der Waals surface area contributed by atoms with Gasteiger partial charge in [0.05, 0.1) is 13.2 Å². The number of aromatic nitrogens is 1. The molecule has 1 aromatic rings. The maximum atomic E-state index is 5.34. The first kappa shape index (κ1) is 12.2. The van der Waals surface area contributed by atoms with Crippen LogP contribution in [-0.4, -0.2) is 38.5 Å². The van der Waals surface area contributed by atoms with Crippen LogP contribution < -0.4 is 5.32 Å². The zero-order valence-electron chi connectivity index (χ0n) is 9.29. The van der Waals surface area contributed by atoms with Gasteiger partial charge in [-0.05, 0) is 24.6 Å². The van der Waals surface area contributed by atoms with Gasteiger partial charge < -0.3 is 19.8 Å². The van der Waals surface area contributed by atoms with Crippen molar-refractivity contribution in [2.75, 3.05) is 33.5 Å². The molecule has 4 nitrogen and oxygen atoms in total. The van der Waals surface area contributed by atoms with E-state index < -0.39 is 0 Å². The van der Waals surface area contributed by atoms with Gasteiger partial charge in [0.25, 0.3) is 0 Å². The Balaban J connectivity index is 1.81. The van der Waals surface area contributed by atoms with Crippen LogP contribution in [0, 0.1) is 0 Å². The molecular formula is C11H20N2O2. The molecule has 1 aromatic heterocycles. The van der Waals surface area contributed by atoms with Crippen LogP contribution in [0.1, 0.15) is 12.0 Å². The smallest absolute Gasteiger partial charge is 0.0700 e. The summed E-state index contributed by atoms with van der Waals surface area (Å²) >= 11 is 0. The number of H-pyrrole nitrogens is 1. The second kappa shape index (κ2) is 8.47. The molecule has 0 amide bonds. The number of rotatable bonds is 9. The highest BCUT2D eigenvalue weighted by Gasteiger charge is 1.92. The van der Waals surface area contributed by atoms with E-state index in [0.29, 0.717) is 13.2 Å². The van der Waals surface area contributed by atoms with Gasteiger partial charge in [0.2, 0.25) is 0 Å². The highest BCUT2D eigenvalue weighted by molar-refractivity contribution is 5.07. The van der Waals surface area contributed by atoms with Gasteiger partial charge >= 0.3 is 0 Å². The first-order chi connectivity index (χ1) is 7.43. The number of aromatic amines is 1. The molecule has 0 bridgehead atoms. The second-order valence-corrected chi connectivity index (χ2v) is 3.35. The van der Waals surface area contributed by atoms with Crippen LogP contribution in [0.5, 0.6) is 0 Å². The SMILES string of the molecule is COCCOCCCNCc1cc[nH]c1. The molecule has 0 aliphatic heterocycles. The molecule has 0 saturated carbocycles. The first-order valence-electron chi connectivity index (χ1n) is 5.32. The van der Waals surface area contributed by atoms with Crippen molar-refractivity contribution in [1.29, 1.82) is 0 Å². The largest absolute Gasteiger partial charge is 0.382 e. The van der Waals surface area contributed by atoms with Crippen LogP contribution in [0.3, 0.4) is 0 Å². The van der Waals surface area contributed by atoms with Crippen LogP contribution in [-0.2, 0) is 16.0 Å². The third-order valence-electron chi connectivity index (χ3n) is 2.07. The number of nitrogens with one attached hydrogen (secondary N) is 2. The summed E-state index contributed by atoms with van der Waals surface area (Å²) in [6.07, 6.45) is 4.97. The summed E-state index contributed by atoms with van der Waals surface area (Å²) in [5.74, 6) is 0. The Labute approximate surface area is 91.0 Å². The number of ether oxygens (including phenoxy) is 2. The molecule has 15 heavy (non-hydrogen) atoms. The molecule has 0 fully saturated rings. The molecule has 0 aliphatic carbocycles. The lowest BCUT2D eigenvalue weighted by Gasteiger charge is -2.04. The van der Waals surface area contributed by atoms with Crippen LogP contribution in [0.4, 0.5) is 0 Å². The van der Waals surface area contributed by atoms with Crippen LogP contribution >= 0.6 is 0 Å². The molecule has 86 valence electrons. The van der Waals surface area contributed by atoms with Gasteiger partial charge in [-0.2, -0.15) is 0 Å². The summed E-state index contributed by atoms with van der Waals surface area (Å²) in [6.45, 7) is 4.06. The molecule has 0 radical (unpaired) electrons. The van der Waals surface area contributed by atoms with E-state index in [1.54, 1.807) is 7.11 Å². The predicted molar refractivity (Wildman–Crippen MR) is 59.8 cm³/mol. The van der Waals surface area contributed by atoms with Crippen molar-refractivity contribution >= 4 is 0 Å². The van der Waals surface area contributed by atoms with Gasteiger partial charge in [0, 0.05) is 32.7 Å². The van der Waals surface area contributed by atoms with Gasteiger partial charge in [0.1, 0.15) is 0 Å². The fourth-order valence-corrected chi connectivity index (χ4v) is 1.24. The lowest BCUT2D eigenvalue weighted by atomic mass is 10.3. The monoisotopic (exact) mass is 212 g/mol. The van der Waals surface area contributed by atoms with Gasteiger partial charge in [0.15, 0.2) is 0 Å². The Morgan fingerprint density at radius 3 is 3.00 bits per heavy atom. The quantitative estimate of drug-likeness (QED) is 0.604. The van der Waals surface area contributed by atoms with Crippen molar-refractivity contribution in [2.24, 2.45) is 0 Å². The minimum atomic E-state index is 0.677. The highest BCUT2D eigenvalue weighted by atomic mass is 16.5. The second-order valence-electron chi connectivity index (χ2n) is 3.35. The van der Waals surface area contributed by atoms with Crippen molar-refractivity contribution in [3.05, 3.63) is 24.0 Å². The summed E-state index contributed by atoms with van der Waals surface area (Å²) in [7, 11) is 1.68. The predicted octanol–water partition coefficient (Wildman–Crippen LogP) is 1.16. The minimum Gasteiger partial charge on any atom is -0.382 e. The summed E-state index contributed by atoms with van der Waals surface area (Å²) < 4.78 is 10.2. The van der Waals surface area contributed by atoms with Gasteiger partial charge in [-0.1, -0.05) is 0 Å². The Hall–Kier alpha value is -0.840. The van der Waals surface area contributed by atoms with E-state index in [1.807, 2.05) is 12.4 Å². The van der Waals surface area contributed by atoms with E-state index in [4.69, 9.17) is 9.47 Å². The Kier molecular flexibility index (Phi) is 6.90. The molecule has 0 aliphatic rings. The standard InChI is InChI=1S/C11H20N2O2/c1-14-7-8-15-6-2-4-12-9-11-3-5-13-10-11/h3,5,10,12-13H,2,4,6-9H2,1H3. The lowest BCUT2D eigenvalue weighted by molar-refractivity contribution is 0.0695. The Morgan fingerprint density at radius 2 is 2.27 bits per heavy atom. The average molecular weight is 212 g/mol. The van der Waals surface area contributed by atoms with Crippen LogP contribution in [0.25, 0.3) is 0 Å². The fourth-order valence-electron chi connectivity index (χ4n) is 1.24. The molecule has 0 saturated heterocycles. The van der Waals surface area contributed by atoms with E-state index in [2.05, 4.69) is 16.4 Å². The van der Waals surface area contributed by atoms with Crippen molar-refractivity contribution < 1.29 is 9.47 Å². The van der Waals surface area contributed by atoms with E-state index in [9.17, 15) is 0 Å². The summed E-state index contributed by atoms with van der Waals surface area (Å²) in [4.78, 5) is 3.03. The summed E-state index contributed by atoms with van der Waals surface area (Å²) in [6, 6.07) is 2.07. The Bertz CT molecular complexity index is 225. The third kappa shape index (κ3) is 6.28. The Morgan fingerprint density at radius 1 is 1.33 bits per heavy atom. The van der Waals surface area contributed by atoms with E-state index in [-0.39, 0.29) is 0 Å².